The normalized spacial score (nSPS) is 26.2. The highest BCUT2D eigenvalue weighted by Gasteiger charge is 2.56. The summed E-state index contributed by atoms with van der Waals surface area (Å²) in [6.45, 7) is 1.63. The van der Waals surface area contributed by atoms with Crippen LogP contribution in [0.5, 0.6) is 11.5 Å². The minimum absolute atomic E-state index is 0.00963. The van der Waals surface area contributed by atoms with Gasteiger partial charge in [-0.25, -0.2) is 0 Å². The van der Waals surface area contributed by atoms with Crippen molar-refractivity contribution in [3.8, 4) is 11.5 Å². The van der Waals surface area contributed by atoms with Crippen LogP contribution in [0, 0.1) is 21.3 Å². The molecule has 7 nitrogen and oxygen atoms in total. The molecule has 3 aliphatic carbocycles. The second-order valence-electron chi connectivity index (χ2n) is 10.3. The van der Waals surface area contributed by atoms with Gasteiger partial charge in [0.2, 0.25) is 11.8 Å². The van der Waals surface area contributed by atoms with Crippen LogP contribution < -0.4 is 9.64 Å². The van der Waals surface area contributed by atoms with E-state index >= 15 is 0 Å². The van der Waals surface area contributed by atoms with Crippen LogP contribution in [0.1, 0.15) is 31.2 Å². The predicted molar refractivity (Wildman–Crippen MR) is 155 cm³/mol. The molecule has 0 aromatic heterocycles. The Labute approximate surface area is 246 Å². The number of ether oxygens (including phenoxy) is 1. The highest BCUT2D eigenvalue weighted by atomic mass is 127. The van der Waals surface area contributed by atoms with Crippen molar-refractivity contribution in [2.24, 2.45) is 17.8 Å². The quantitative estimate of drug-likeness (QED) is 0.199. The van der Waals surface area contributed by atoms with Crippen LogP contribution in [-0.4, -0.2) is 35.6 Å². The van der Waals surface area contributed by atoms with E-state index in [1.807, 2.05) is 28.7 Å². The van der Waals surface area contributed by atoms with E-state index in [0.29, 0.717) is 38.0 Å². The number of imide groups is 1. The van der Waals surface area contributed by atoms with E-state index in [1.54, 1.807) is 43.3 Å². The minimum atomic E-state index is -0.648. The smallest absolute Gasteiger partial charge is 0.238 e. The Kier molecular flexibility index (Phi) is 6.41. The van der Waals surface area contributed by atoms with Crippen LogP contribution in [0.2, 0.25) is 0 Å². The monoisotopic (exact) mass is 699 g/mol. The van der Waals surface area contributed by atoms with Gasteiger partial charge in [0.25, 0.3) is 0 Å². The zero-order chi connectivity index (χ0) is 27.7. The van der Waals surface area contributed by atoms with Crippen LogP contribution in [-0.2, 0) is 19.2 Å². The van der Waals surface area contributed by atoms with Gasteiger partial charge in [-0.2, -0.15) is 0 Å². The third-order valence-corrected chi connectivity index (χ3v) is 9.60. The molecular formula is C30H23BrINO6. The number of fused-ring (bicyclic) bond motifs is 3. The number of rotatable bonds is 3. The number of methoxy groups -OCH3 is 1. The van der Waals surface area contributed by atoms with Crippen molar-refractivity contribution >= 4 is 67.6 Å². The Bertz CT molecular complexity index is 1590. The van der Waals surface area contributed by atoms with Crippen molar-refractivity contribution in [2.45, 2.75) is 25.7 Å². The Balaban J connectivity index is 1.51. The number of phenolic OH excluding ortho intramolecular Hbond substituents is 1. The van der Waals surface area contributed by atoms with Crippen LogP contribution >= 0.6 is 38.5 Å². The molecule has 4 unspecified atom stereocenters. The number of phenols is 1. The molecule has 0 radical (unpaired) electrons. The Hall–Kier alpha value is -3.05. The van der Waals surface area contributed by atoms with Gasteiger partial charge in [-0.15, -0.1) is 0 Å². The number of hydrogen-bond donors (Lipinski definition) is 1. The van der Waals surface area contributed by atoms with Crippen molar-refractivity contribution in [3.05, 3.63) is 84.4 Å². The average Bonchev–Trinajstić information content (AvgIpc) is 3.18. The molecular weight excluding hydrogens is 677 g/mol. The van der Waals surface area contributed by atoms with Gasteiger partial charge in [-0.3, -0.25) is 24.1 Å². The van der Waals surface area contributed by atoms with Crippen LogP contribution in [0.15, 0.2) is 75.3 Å². The molecule has 9 heteroatoms. The third kappa shape index (κ3) is 3.96. The summed E-state index contributed by atoms with van der Waals surface area (Å²) in [6.07, 6.45) is 3.93. The molecule has 1 fully saturated rings. The number of ketones is 2. The molecule has 2 amide bonds. The maximum atomic E-state index is 13.9. The predicted octanol–water partition coefficient (Wildman–Crippen LogP) is 5.40. The fourth-order valence-electron chi connectivity index (χ4n) is 6.52. The number of carbonyl (C=O) groups is 4. The molecule has 1 N–H and O–H groups in total. The minimum Gasteiger partial charge on any atom is -0.504 e. The van der Waals surface area contributed by atoms with Gasteiger partial charge in [0.05, 0.1) is 28.2 Å². The van der Waals surface area contributed by atoms with Crippen LogP contribution in [0.25, 0.3) is 0 Å². The Morgan fingerprint density at radius 1 is 1.05 bits per heavy atom. The van der Waals surface area contributed by atoms with Crippen molar-refractivity contribution in [1.82, 2.24) is 0 Å². The number of halogens is 2. The highest BCUT2D eigenvalue weighted by molar-refractivity contribution is 14.1. The summed E-state index contributed by atoms with van der Waals surface area (Å²) >= 11 is 5.40. The lowest BCUT2D eigenvalue weighted by molar-refractivity contribution is -0.123. The summed E-state index contributed by atoms with van der Waals surface area (Å²) < 4.78 is 6.78. The maximum Gasteiger partial charge on any atom is 0.238 e. The Morgan fingerprint density at radius 2 is 1.77 bits per heavy atom. The fraction of sp³-hybridized carbons (Fsp3) is 0.267. The molecule has 2 aromatic rings. The lowest BCUT2D eigenvalue weighted by Gasteiger charge is -2.42. The molecule has 4 atom stereocenters. The highest BCUT2D eigenvalue weighted by Crippen LogP contribution is 2.56. The number of hydrogen-bond acceptors (Lipinski definition) is 6. The number of allylic oxidation sites excluding steroid dienone is 6. The van der Waals surface area contributed by atoms with E-state index in [0.717, 1.165) is 10.0 Å². The molecule has 0 saturated carbocycles. The summed E-state index contributed by atoms with van der Waals surface area (Å²) in [4.78, 5) is 55.6. The van der Waals surface area contributed by atoms with E-state index < -0.39 is 23.7 Å². The average molecular weight is 700 g/mol. The summed E-state index contributed by atoms with van der Waals surface area (Å²) in [5.41, 5.74) is 3.21. The molecule has 0 spiro atoms. The molecule has 0 bridgehead atoms. The van der Waals surface area contributed by atoms with Gasteiger partial charge in [0, 0.05) is 27.1 Å². The number of nitrogens with zero attached hydrogens (tertiary/aromatic N) is 1. The number of Topliss-reactive ketones (excluding diaryl/α,β-unsaturated/α-hetero) is 1. The standard InChI is InChI=1S/C30H23BrINO6/c1-13-9-22(34)26-20(27(13)35)12-19-17(24(26)14-10-21(32)28(36)23(11-14)39-2)7-8-18-25(19)30(38)33(29(18)37)16-5-3-15(31)4-6-16/h3-7,9-11,18-19,24-25,36H,8,12H2,1-2H3. The molecule has 6 rings (SSSR count). The summed E-state index contributed by atoms with van der Waals surface area (Å²) in [5, 5.41) is 10.5. The number of anilines is 1. The van der Waals surface area contributed by atoms with E-state index in [9.17, 15) is 24.3 Å². The zero-order valence-electron chi connectivity index (χ0n) is 21.0. The first-order valence-electron chi connectivity index (χ1n) is 12.5. The van der Waals surface area contributed by atoms with Gasteiger partial charge >= 0.3 is 0 Å². The summed E-state index contributed by atoms with van der Waals surface area (Å²) in [7, 11) is 1.45. The maximum absolute atomic E-state index is 13.9. The summed E-state index contributed by atoms with van der Waals surface area (Å²) in [5.74, 6) is -2.96. The van der Waals surface area contributed by atoms with Gasteiger partial charge in [0.15, 0.2) is 23.1 Å². The van der Waals surface area contributed by atoms with Gasteiger partial charge < -0.3 is 9.84 Å². The topological polar surface area (TPSA) is 101 Å². The SMILES string of the molecule is COc1cc(C2C3=CCC4C(=O)N(c5ccc(Br)cc5)C(=O)C4C3CC3=C2C(=O)C=C(C)C3=O)cc(I)c1O. The molecule has 1 saturated heterocycles. The van der Waals surface area contributed by atoms with Gasteiger partial charge in [0.1, 0.15) is 0 Å². The van der Waals surface area contributed by atoms with Gasteiger partial charge in [-0.05, 0) is 96.3 Å². The molecule has 1 heterocycles. The first-order valence-corrected chi connectivity index (χ1v) is 14.4. The van der Waals surface area contributed by atoms with Crippen molar-refractivity contribution in [2.75, 3.05) is 12.0 Å². The summed E-state index contributed by atoms with van der Waals surface area (Å²) in [6, 6.07) is 10.5. The molecule has 198 valence electrons. The van der Waals surface area contributed by atoms with Gasteiger partial charge in [-0.1, -0.05) is 27.6 Å². The number of benzene rings is 2. The van der Waals surface area contributed by atoms with Crippen LogP contribution in [0.3, 0.4) is 0 Å². The van der Waals surface area contributed by atoms with Crippen molar-refractivity contribution in [1.29, 1.82) is 0 Å². The first kappa shape index (κ1) is 26.2. The van der Waals surface area contributed by atoms with E-state index in [4.69, 9.17) is 4.74 Å². The number of carbonyl (C=O) groups excluding carboxylic acids is 4. The molecule has 4 aliphatic rings. The fourth-order valence-corrected chi connectivity index (χ4v) is 7.41. The van der Waals surface area contributed by atoms with Crippen LogP contribution in [0.4, 0.5) is 5.69 Å². The number of aromatic hydroxyl groups is 1. The first-order chi connectivity index (χ1) is 18.6. The van der Waals surface area contributed by atoms with Crippen molar-refractivity contribution in [3.63, 3.8) is 0 Å². The molecule has 39 heavy (non-hydrogen) atoms. The third-order valence-electron chi connectivity index (χ3n) is 8.25. The van der Waals surface area contributed by atoms with E-state index in [-0.39, 0.29) is 41.3 Å². The number of amides is 2. The van der Waals surface area contributed by atoms with E-state index in [1.165, 1.54) is 18.1 Å². The largest absolute Gasteiger partial charge is 0.504 e. The van der Waals surface area contributed by atoms with Crippen molar-refractivity contribution < 1.29 is 29.0 Å². The zero-order valence-corrected chi connectivity index (χ0v) is 24.8. The lowest BCUT2D eigenvalue weighted by atomic mass is 9.59. The second-order valence-corrected chi connectivity index (χ2v) is 12.3. The Morgan fingerprint density at radius 3 is 2.46 bits per heavy atom. The van der Waals surface area contributed by atoms with E-state index in [2.05, 4.69) is 15.9 Å². The molecule has 1 aliphatic heterocycles. The second kappa shape index (κ2) is 9.55. The lowest BCUT2D eigenvalue weighted by Crippen LogP contribution is -2.39. The molecule has 2 aromatic carbocycles.